The van der Waals surface area contributed by atoms with Crippen molar-refractivity contribution < 1.29 is 9.47 Å². The summed E-state index contributed by atoms with van der Waals surface area (Å²) in [5.74, 6) is 0.716. The summed E-state index contributed by atoms with van der Waals surface area (Å²) >= 11 is 14.3. The maximum absolute atomic E-state index is 6.19. The maximum Gasteiger partial charge on any atom is 0.159 e. The first-order chi connectivity index (χ1) is 8.65. The Kier molecular flexibility index (Phi) is 3.53. The monoisotopic (exact) mass is 395 g/mol. The quantitative estimate of drug-likeness (QED) is 0.448. The van der Waals surface area contributed by atoms with E-state index < -0.39 is 0 Å². The van der Waals surface area contributed by atoms with Crippen molar-refractivity contribution in [1.29, 1.82) is 0 Å². The van der Waals surface area contributed by atoms with E-state index in [1.807, 2.05) is 12.1 Å². The zero-order chi connectivity index (χ0) is 12.7. The Balaban J connectivity index is 2.10. The van der Waals surface area contributed by atoms with Crippen molar-refractivity contribution in [2.45, 2.75) is 6.10 Å². The molecule has 1 saturated heterocycles. The van der Waals surface area contributed by atoms with E-state index in [0.717, 1.165) is 15.6 Å². The number of hydrogen-bond donors (Lipinski definition) is 0. The van der Waals surface area contributed by atoms with Crippen molar-refractivity contribution in [3.63, 3.8) is 0 Å². The number of nitrogens with zero attached hydrogens (tertiary/aromatic N) is 1. The van der Waals surface area contributed by atoms with Crippen LogP contribution < -0.4 is 4.74 Å². The number of rotatable bonds is 3. The molecule has 2 aromatic rings. The summed E-state index contributed by atoms with van der Waals surface area (Å²) in [7, 11) is 0. The van der Waals surface area contributed by atoms with Crippen molar-refractivity contribution in [3.8, 4) is 5.75 Å². The molecule has 0 bridgehead atoms. The van der Waals surface area contributed by atoms with Gasteiger partial charge in [-0.1, -0.05) is 23.2 Å². The van der Waals surface area contributed by atoms with Crippen molar-refractivity contribution in [1.82, 2.24) is 4.98 Å². The molecule has 1 aliphatic rings. The molecule has 1 atom stereocenters. The third-order valence-corrected chi connectivity index (χ3v) is 3.94. The normalized spacial score (nSPS) is 18.1. The van der Waals surface area contributed by atoms with Gasteiger partial charge in [0.1, 0.15) is 23.4 Å². The molecule has 0 amide bonds. The molecule has 0 aliphatic carbocycles. The Morgan fingerprint density at radius 3 is 2.94 bits per heavy atom. The molecule has 0 saturated carbocycles. The van der Waals surface area contributed by atoms with Crippen LogP contribution in [-0.2, 0) is 4.74 Å². The van der Waals surface area contributed by atoms with E-state index in [4.69, 9.17) is 32.7 Å². The fourth-order valence-corrected chi connectivity index (χ4v) is 2.96. The molecule has 94 valence electrons. The first kappa shape index (κ1) is 12.7. The van der Waals surface area contributed by atoms with Gasteiger partial charge in [0.15, 0.2) is 5.75 Å². The average Bonchev–Trinajstić information content (AvgIpc) is 3.12. The average molecular weight is 396 g/mol. The lowest BCUT2D eigenvalue weighted by atomic mass is 10.2. The molecule has 1 aromatic carbocycles. The van der Waals surface area contributed by atoms with Crippen LogP contribution in [0.5, 0.6) is 5.75 Å². The number of fused-ring (bicyclic) bond motifs is 1. The molecule has 18 heavy (non-hydrogen) atoms. The molecule has 3 rings (SSSR count). The van der Waals surface area contributed by atoms with Gasteiger partial charge in [-0.25, -0.2) is 4.98 Å². The van der Waals surface area contributed by atoms with E-state index in [2.05, 4.69) is 27.6 Å². The van der Waals surface area contributed by atoms with Crippen LogP contribution in [0.25, 0.3) is 10.9 Å². The predicted molar refractivity (Wildman–Crippen MR) is 79.7 cm³/mol. The molecule has 1 fully saturated rings. The van der Waals surface area contributed by atoms with E-state index in [1.165, 1.54) is 0 Å². The lowest BCUT2D eigenvalue weighted by Gasteiger charge is -2.11. The second-order valence-corrected chi connectivity index (χ2v) is 5.92. The Bertz CT molecular complexity index is 617. The van der Waals surface area contributed by atoms with Gasteiger partial charge in [-0.15, -0.1) is 0 Å². The minimum atomic E-state index is 0.200. The van der Waals surface area contributed by atoms with Crippen LogP contribution in [0.15, 0.2) is 18.2 Å². The van der Waals surface area contributed by atoms with Gasteiger partial charge in [0.2, 0.25) is 0 Å². The number of halogens is 3. The Morgan fingerprint density at radius 1 is 1.44 bits per heavy atom. The second-order valence-electron chi connectivity index (χ2n) is 3.97. The maximum atomic E-state index is 6.19. The molecule has 6 heteroatoms. The summed E-state index contributed by atoms with van der Waals surface area (Å²) < 4.78 is 11.8. The zero-order valence-corrected chi connectivity index (χ0v) is 12.8. The third-order valence-electron chi connectivity index (χ3n) is 2.62. The molecule has 0 N–H and O–H groups in total. The number of ether oxygens (including phenoxy) is 2. The summed E-state index contributed by atoms with van der Waals surface area (Å²) in [6, 6.07) is 5.43. The van der Waals surface area contributed by atoms with Crippen LogP contribution in [0, 0.1) is 3.57 Å². The molecule has 2 heterocycles. The summed E-state index contributed by atoms with van der Waals surface area (Å²) in [5.41, 5.74) is 0.694. The van der Waals surface area contributed by atoms with Gasteiger partial charge in [-0.3, -0.25) is 0 Å². The summed E-state index contributed by atoms with van der Waals surface area (Å²) in [5, 5.41) is 1.91. The van der Waals surface area contributed by atoms with Crippen LogP contribution in [0.2, 0.25) is 10.2 Å². The predicted octanol–water partition coefficient (Wildman–Crippen LogP) is 3.92. The van der Waals surface area contributed by atoms with Gasteiger partial charge >= 0.3 is 0 Å². The number of hydrogen-bond acceptors (Lipinski definition) is 3. The van der Waals surface area contributed by atoms with E-state index in [9.17, 15) is 0 Å². The van der Waals surface area contributed by atoms with Gasteiger partial charge < -0.3 is 9.47 Å². The molecule has 1 aliphatic heterocycles. The lowest BCUT2D eigenvalue weighted by Crippen LogP contribution is -2.06. The van der Waals surface area contributed by atoms with Crippen LogP contribution in [-0.4, -0.2) is 24.3 Å². The van der Waals surface area contributed by atoms with Gasteiger partial charge in [0.25, 0.3) is 0 Å². The zero-order valence-electron chi connectivity index (χ0n) is 9.12. The van der Waals surface area contributed by atoms with Crippen molar-refractivity contribution in [3.05, 3.63) is 31.9 Å². The molecule has 0 radical (unpaired) electrons. The van der Waals surface area contributed by atoms with Crippen molar-refractivity contribution in [2.24, 2.45) is 0 Å². The van der Waals surface area contributed by atoms with Crippen LogP contribution in [0.3, 0.4) is 0 Å². The standard InChI is InChI=1S/C12H8Cl2INO2/c13-8-3-9(15)12(18-5-6-4-17-6)11-7(8)1-2-10(14)16-11/h1-3,6H,4-5H2. The van der Waals surface area contributed by atoms with E-state index in [-0.39, 0.29) is 6.10 Å². The van der Waals surface area contributed by atoms with Gasteiger partial charge in [0.05, 0.1) is 15.2 Å². The molecular formula is C12H8Cl2INO2. The van der Waals surface area contributed by atoms with Gasteiger partial charge in [0, 0.05) is 5.39 Å². The largest absolute Gasteiger partial charge is 0.487 e. The van der Waals surface area contributed by atoms with E-state index in [0.29, 0.717) is 28.0 Å². The van der Waals surface area contributed by atoms with E-state index >= 15 is 0 Å². The topological polar surface area (TPSA) is 34.6 Å². The molecule has 3 nitrogen and oxygen atoms in total. The first-order valence-electron chi connectivity index (χ1n) is 5.34. The van der Waals surface area contributed by atoms with Crippen molar-refractivity contribution >= 4 is 56.7 Å². The minimum Gasteiger partial charge on any atom is -0.487 e. The molecule has 1 unspecified atom stereocenters. The first-order valence-corrected chi connectivity index (χ1v) is 7.17. The lowest BCUT2D eigenvalue weighted by molar-refractivity contribution is 0.263. The fraction of sp³-hybridized carbons (Fsp3) is 0.250. The van der Waals surface area contributed by atoms with Crippen LogP contribution >= 0.6 is 45.8 Å². The molecule has 1 aromatic heterocycles. The summed E-state index contributed by atoms with van der Waals surface area (Å²) in [4.78, 5) is 4.31. The van der Waals surface area contributed by atoms with Gasteiger partial charge in [-0.2, -0.15) is 0 Å². The SMILES string of the molecule is Clc1ccc2c(Cl)cc(I)c(OCC3CO3)c2n1. The van der Waals surface area contributed by atoms with Gasteiger partial charge in [-0.05, 0) is 40.8 Å². The summed E-state index contributed by atoms with van der Waals surface area (Å²) in [6.07, 6.45) is 0.200. The Labute approximate surface area is 128 Å². The number of epoxide rings is 1. The number of benzene rings is 1. The number of aromatic nitrogens is 1. The second kappa shape index (κ2) is 5.00. The smallest absolute Gasteiger partial charge is 0.159 e. The number of pyridine rings is 1. The molecular weight excluding hydrogens is 388 g/mol. The van der Waals surface area contributed by atoms with E-state index in [1.54, 1.807) is 6.07 Å². The van der Waals surface area contributed by atoms with Crippen LogP contribution in [0.1, 0.15) is 0 Å². The molecule has 0 spiro atoms. The third kappa shape index (κ3) is 2.52. The highest BCUT2D eigenvalue weighted by atomic mass is 127. The summed E-state index contributed by atoms with van der Waals surface area (Å²) in [6.45, 7) is 1.29. The highest BCUT2D eigenvalue weighted by Crippen LogP contribution is 2.36. The van der Waals surface area contributed by atoms with Crippen molar-refractivity contribution in [2.75, 3.05) is 13.2 Å². The fourth-order valence-electron chi connectivity index (χ4n) is 1.65. The van der Waals surface area contributed by atoms with Crippen LogP contribution in [0.4, 0.5) is 0 Å². The highest BCUT2D eigenvalue weighted by Gasteiger charge is 2.24. The highest BCUT2D eigenvalue weighted by molar-refractivity contribution is 14.1. The minimum absolute atomic E-state index is 0.200. The Hall–Kier alpha value is -0.300. The Morgan fingerprint density at radius 2 is 2.22 bits per heavy atom.